The van der Waals surface area contributed by atoms with Gasteiger partial charge >= 0.3 is 0 Å². The molecule has 110 valence electrons. The fourth-order valence-corrected chi connectivity index (χ4v) is 3.14. The Morgan fingerprint density at radius 2 is 2.45 bits per heavy atom. The molecule has 0 saturated carbocycles. The van der Waals surface area contributed by atoms with Crippen molar-refractivity contribution < 1.29 is 14.3 Å². The first-order valence-corrected chi connectivity index (χ1v) is 7.08. The maximum atomic E-state index is 12.1. The van der Waals surface area contributed by atoms with Crippen LogP contribution >= 0.6 is 0 Å². The summed E-state index contributed by atoms with van der Waals surface area (Å²) in [5.41, 5.74) is 2.01. The number of methoxy groups -OCH3 is 1. The SMILES string of the molecule is COCc1cc(CN2CC3(CCOC3)CCC2=O)[nH]n1. The van der Waals surface area contributed by atoms with Crippen molar-refractivity contribution in [3.8, 4) is 0 Å². The fourth-order valence-electron chi connectivity index (χ4n) is 3.14. The lowest BCUT2D eigenvalue weighted by Crippen LogP contribution is -2.46. The van der Waals surface area contributed by atoms with Crippen molar-refractivity contribution >= 4 is 5.91 Å². The van der Waals surface area contributed by atoms with E-state index in [9.17, 15) is 4.79 Å². The van der Waals surface area contributed by atoms with E-state index in [2.05, 4.69) is 10.2 Å². The number of hydrogen-bond acceptors (Lipinski definition) is 4. The average molecular weight is 279 g/mol. The lowest BCUT2D eigenvalue weighted by Gasteiger charge is -2.39. The first kappa shape index (κ1) is 13.6. The van der Waals surface area contributed by atoms with Crippen molar-refractivity contribution in [3.05, 3.63) is 17.5 Å². The number of aromatic nitrogens is 2. The van der Waals surface area contributed by atoms with E-state index in [0.717, 1.165) is 44.0 Å². The number of aromatic amines is 1. The van der Waals surface area contributed by atoms with Gasteiger partial charge in [0.1, 0.15) is 0 Å². The number of hydrogen-bond donors (Lipinski definition) is 1. The molecule has 3 rings (SSSR count). The van der Waals surface area contributed by atoms with Gasteiger partial charge in [-0.15, -0.1) is 0 Å². The second kappa shape index (κ2) is 5.54. The maximum Gasteiger partial charge on any atom is 0.222 e. The van der Waals surface area contributed by atoms with Crippen LogP contribution in [0.4, 0.5) is 0 Å². The number of carbonyl (C=O) groups is 1. The van der Waals surface area contributed by atoms with Gasteiger partial charge in [-0.05, 0) is 18.9 Å². The molecule has 20 heavy (non-hydrogen) atoms. The van der Waals surface area contributed by atoms with Crippen molar-refractivity contribution in [2.45, 2.75) is 32.4 Å². The van der Waals surface area contributed by atoms with E-state index >= 15 is 0 Å². The molecule has 1 amide bonds. The van der Waals surface area contributed by atoms with Crippen LogP contribution in [0.25, 0.3) is 0 Å². The number of nitrogens with zero attached hydrogens (tertiary/aromatic N) is 2. The first-order valence-electron chi connectivity index (χ1n) is 7.08. The fraction of sp³-hybridized carbons (Fsp3) is 0.714. The van der Waals surface area contributed by atoms with Crippen LogP contribution < -0.4 is 0 Å². The van der Waals surface area contributed by atoms with Gasteiger partial charge in [0.2, 0.25) is 5.91 Å². The van der Waals surface area contributed by atoms with Gasteiger partial charge in [0.15, 0.2) is 0 Å². The van der Waals surface area contributed by atoms with Crippen LogP contribution in [0.5, 0.6) is 0 Å². The van der Waals surface area contributed by atoms with E-state index in [1.165, 1.54) is 0 Å². The summed E-state index contributed by atoms with van der Waals surface area (Å²) in [5.74, 6) is 0.227. The monoisotopic (exact) mass is 279 g/mol. The third-order valence-electron chi connectivity index (χ3n) is 4.27. The summed E-state index contributed by atoms with van der Waals surface area (Å²) in [6, 6.07) is 1.96. The molecular weight excluding hydrogens is 258 g/mol. The molecule has 0 aliphatic carbocycles. The number of piperidine rings is 1. The highest BCUT2D eigenvalue weighted by molar-refractivity contribution is 5.77. The van der Waals surface area contributed by atoms with Gasteiger partial charge in [-0.1, -0.05) is 0 Å². The smallest absolute Gasteiger partial charge is 0.222 e. The summed E-state index contributed by atoms with van der Waals surface area (Å²) in [6.45, 7) is 3.49. The normalized spacial score (nSPS) is 26.6. The summed E-state index contributed by atoms with van der Waals surface area (Å²) in [4.78, 5) is 14.0. The van der Waals surface area contributed by atoms with Gasteiger partial charge in [0.25, 0.3) is 0 Å². The van der Waals surface area contributed by atoms with Gasteiger partial charge in [-0.2, -0.15) is 5.10 Å². The zero-order valence-corrected chi connectivity index (χ0v) is 11.9. The Kier molecular flexibility index (Phi) is 3.76. The lowest BCUT2D eigenvalue weighted by molar-refractivity contribution is -0.138. The second-order valence-electron chi connectivity index (χ2n) is 5.87. The molecule has 0 radical (unpaired) electrons. The molecular formula is C14H21N3O3. The van der Waals surface area contributed by atoms with Gasteiger partial charge in [0.05, 0.1) is 31.1 Å². The predicted molar refractivity (Wildman–Crippen MR) is 71.8 cm³/mol. The number of ether oxygens (including phenoxy) is 2. The number of nitrogens with one attached hydrogen (secondary N) is 1. The molecule has 1 aromatic rings. The lowest BCUT2D eigenvalue weighted by atomic mass is 9.79. The Balaban J connectivity index is 1.66. The molecule has 0 bridgehead atoms. The third kappa shape index (κ3) is 2.71. The Morgan fingerprint density at radius 3 is 3.20 bits per heavy atom. The van der Waals surface area contributed by atoms with Crippen LogP contribution in [-0.4, -0.2) is 47.9 Å². The van der Waals surface area contributed by atoms with Gasteiger partial charge in [-0.25, -0.2) is 0 Å². The van der Waals surface area contributed by atoms with Crippen LogP contribution in [-0.2, 0) is 27.4 Å². The zero-order valence-electron chi connectivity index (χ0n) is 11.9. The molecule has 1 N–H and O–H groups in total. The van der Waals surface area contributed by atoms with Crippen LogP contribution in [0.1, 0.15) is 30.7 Å². The predicted octanol–water partition coefficient (Wildman–Crippen LogP) is 1.09. The summed E-state index contributed by atoms with van der Waals surface area (Å²) in [7, 11) is 1.65. The van der Waals surface area contributed by atoms with Crippen LogP contribution in [0.2, 0.25) is 0 Å². The molecule has 2 fully saturated rings. The van der Waals surface area contributed by atoms with E-state index in [0.29, 0.717) is 19.6 Å². The molecule has 2 aliphatic heterocycles. The minimum Gasteiger partial charge on any atom is -0.381 e. The standard InChI is InChI=1S/C14H21N3O3/c1-19-8-12-6-11(15-16-12)7-17-9-14(3-2-13(17)18)4-5-20-10-14/h6H,2-5,7-10H2,1H3,(H,15,16). The van der Waals surface area contributed by atoms with Crippen molar-refractivity contribution in [2.24, 2.45) is 5.41 Å². The highest BCUT2D eigenvalue weighted by atomic mass is 16.5. The van der Waals surface area contributed by atoms with Crippen molar-refractivity contribution in [3.63, 3.8) is 0 Å². The summed E-state index contributed by atoms with van der Waals surface area (Å²) in [5, 5.41) is 7.16. The van der Waals surface area contributed by atoms with Crippen LogP contribution in [0, 0.1) is 5.41 Å². The largest absolute Gasteiger partial charge is 0.381 e. The van der Waals surface area contributed by atoms with E-state index in [1.807, 2.05) is 11.0 Å². The first-order chi connectivity index (χ1) is 9.71. The average Bonchev–Trinajstić information content (AvgIpc) is 3.05. The number of likely N-dealkylation sites (tertiary alicyclic amines) is 1. The van der Waals surface area contributed by atoms with Crippen LogP contribution in [0.15, 0.2) is 6.07 Å². The molecule has 2 saturated heterocycles. The van der Waals surface area contributed by atoms with E-state index < -0.39 is 0 Å². The van der Waals surface area contributed by atoms with Crippen molar-refractivity contribution in [1.29, 1.82) is 0 Å². The minimum absolute atomic E-state index is 0.184. The molecule has 0 aromatic carbocycles. The Labute approximate surface area is 118 Å². The highest BCUT2D eigenvalue weighted by Crippen LogP contribution is 2.38. The van der Waals surface area contributed by atoms with Gasteiger partial charge < -0.3 is 14.4 Å². The highest BCUT2D eigenvalue weighted by Gasteiger charge is 2.41. The minimum atomic E-state index is 0.184. The third-order valence-corrected chi connectivity index (χ3v) is 4.27. The van der Waals surface area contributed by atoms with Gasteiger partial charge in [-0.3, -0.25) is 9.89 Å². The second-order valence-corrected chi connectivity index (χ2v) is 5.87. The van der Waals surface area contributed by atoms with Crippen molar-refractivity contribution in [2.75, 3.05) is 26.9 Å². The summed E-state index contributed by atoms with van der Waals surface area (Å²) >= 11 is 0. The topological polar surface area (TPSA) is 67.5 Å². The number of H-pyrrole nitrogens is 1. The van der Waals surface area contributed by atoms with E-state index in [1.54, 1.807) is 7.11 Å². The Bertz CT molecular complexity index is 480. The maximum absolute atomic E-state index is 12.1. The Morgan fingerprint density at radius 1 is 1.55 bits per heavy atom. The molecule has 1 atom stereocenters. The van der Waals surface area contributed by atoms with Gasteiger partial charge in [0, 0.05) is 32.1 Å². The molecule has 1 spiro atoms. The molecule has 2 aliphatic rings. The quantitative estimate of drug-likeness (QED) is 0.895. The molecule has 6 heteroatoms. The number of rotatable bonds is 4. The molecule has 6 nitrogen and oxygen atoms in total. The van der Waals surface area contributed by atoms with E-state index in [4.69, 9.17) is 9.47 Å². The van der Waals surface area contributed by atoms with Crippen LogP contribution in [0.3, 0.4) is 0 Å². The number of amides is 1. The molecule has 3 heterocycles. The Hall–Kier alpha value is -1.40. The molecule has 1 aromatic heterocycles. The zero-order chi connectivity index (χ0) is 14.0. The summed E-state index contributed by atoms with van der Waals surface area (Å²) in [6.07, 6.45) is 2.65. The summed E-state index contributed by atoms with van der Waals surface area (Å²) < 4.78 is 10.6. The molecule has 1 unspecified atom stereocenters. The van der Waals surface area contributed by atoms with Crippen molar-refractivity contribution in [1.82, 2.24) is 15.1 Å². The van der Waals surface area contributed by atoms with E-state index in [-0.39, 0.29) is 11.3 Å². The number of carbonyl (C=O) groups excluding carboxylic acids is 1.